The molecule has 0 bridgehead atoms. The highest BCUT2D eigenvalue weighted by Crippen LogP contribution is 2.24. The number of aromatic amines is 1. The van der Waals surface area contributed by atoms with E-state index in [2.05, 4.69) is 32.1 Å². The van der Waals surface area contributed by atoms with E-state index in [9.17, 15) is 4.79 Å². The zero-order chi connectivity index (χ0) is 18.4. The van der Waals surface area contributed by atoms with Gasteiger partial charge in [0.2, 0.25) is 5.28 Å². The maximum absolute atomic E-state index is 11.6. The Morgan fingerprint density at radius 2 is 2.04 bits per heavy atom. The SMILES string of the molecule is O=C(NCCC#Cc1c[nH]c2nc(Cl)nc(Cl)c12)OCc1ccccc1. The zero-order valence-corrected chi connectivity index (χ0v) is 15.1. The first kappa shape index (κ1) is 18.1. The van der Waals surface area contributed by atoms with Gasteiger partial charge in [-0.05, 0) is 17.2 Å². The summed E-state index contributed by atoms with van der Waals surface area (Å²) in [7, 11) is 0. The maximum Gasteiger partial charge on any atom is 0.407 e. The molecule has 0 fully saturated rings. The third-order valence-corrected chi connectivity index (χ3v) is 3.86. The van der Waals surface area contributed by atoms with Crippen molar-refractivity contribution in [3.63, 3.8) is 0 Å². The summed E-state index contributed by atoms with van der Waals surface area (Å²) in [4.78, 5) is 22.5. The van der Waals surface area contributed by atoms with Crippen molar-refractivity contribution >= 4 is 40.3 Å². The van der Waals surface area contributed by atoms with Crippen LogP contribution in [-0.2, 0) is 11.3 Å². The quantitative estimate of drug-likeness (QED) is 0.307. The number of halogens is 2. The molecule has 3 rings (SSSR count). The van der Waals surface area contributed by atoms with Crippen LogP contribution in [0.4, 0.5) is 4.79 Å². The number of amides is 1. The molecule has 1 aromatic carbocycles. The van der Waals surface area contributed by atoms with Gasteiger partial charge in [0, 0.05) is 19.2 Å². The summed E-state index contributed by atoms with van der Waals surface area (Å²) in [6.07, 6.45) is 1.67. The summed E-state index contributed by atoms with van der Waals surface area (Å²) < 4.78 is 5.12. The number of carbonyl (C=O) groups excluding carboxylic acids is 1. The van der Waals surface area contributed by atoms with Crippen LogP contribution in [0.5, 0.6) is 0 Å². The molecule has 0 saturated carbocycles. The first-order chi connectivity index (χ1) is 12.6. The number of aromatic nitrogens is 3. The van der Waals surface area contributed by atoms with E-state index in [-0.39, 0.29) is 17.0 Å². The first-order valence-electron chi connectivity index (χ1n) is 7.77. The van der Waals surface area contributed by atoms with Crippen LogP contribution in [0.3, 0.4) is 0 Å². The fourth-order valence-corrected chi connectivity index (χ4v) is 2.70. The number of hydrogen-bond acceptors (Lipinski definition) is 4. The molecular formula is C18H14Cl2N4O2. The molecule has 26 heavy (non-hydrogen) atoms. The summed E-state index contributed by atoms with van der Waals surface area (Å²) in [5.74, 6) is 5.94. The third kappa shape index (κ3) is 4.66. The molecule has 6 nitrogen and oxygen atoms in total. The molecule has 1 amide bonds. The standard InChI is InChI=1S/C18H14Cl2N4O2/c19-15-14-13(10-22-16(14)24-17(20)23-15)8-4-5-9-21-18(25)26-11-12-6-2-1-3-7-12/h1-3,6-7,10H,5,9,11H2,(H,21,25)(H,22,23,24). The molecule has 0 aliphatic heterocycles. The normalized spacial score (nSPS) is 10.2. The number of ether oxygens (including phenoxy) is 1. The van der Waals surface area contributed by atoms with E-state index in [4.69, 9.17) is 27.9 Å². The summed E-state index contributed by atoms with van der Waals surface area (Å²) in [6.45, 7) is 0.605. The van der Waals surface area contributed by atoms with Gasteiger partial charge in [0.05, 0.1) is 10.9 Å². The predicted octanol–water partition coefficient (Wildman–Crippen LogP) is 3.93. The lowest BCUT2D eigenvalue weighted by Gasteiger charge is -2.05. The summed E-state index contributed by atoms with van der Waals surface area (Å²) in [5.41, 5.74) is 2.14. The molecule has 132 valence electrons. The number of alkyl carbamates (subject to hydrolysis) is 1. The Bertz CT molecular complexity index is 977. The third-order valence-electron chi connectivity index (χ3n) is 3.42. The molecule has 8 heteroatoms. The van der Waals surface area contributed by atoms with Crippen molar-refractivity contribution in [3.8, 4) is 11.8 Å². The molecule has 0 aliphatic carbocycles. The van der Waals surface area contributed by atoms with Crippen molar-refractivity contribution in [1.82, 2.24) is 20.3 Å². The van der Waals surface area contributed by atoms with Crippen LogP contribution < -0.4 is 5.32 Å². The van der Waals surface area contributed by atoms with Crippen molar-refractivity contribution in [2.45, 2.75) is 13.0 Å². The Kier molecular flexibility index (Phi) is 5.95. The monoisotopic (exact) mass is 388 g/mol. The van der Waals surface area contributed by atoms with Crippen LogP contribution in [0, 0.1) is 11.8 Å². The summed E-state index contributed by atoms with van der Waals surface area (Å²) >= 11 is 11.8. The van der Waals surface area contributed by atoms with Crippen LogP contribution in [0.25, 0.3) is 11.0 Å². The number of hydrogen-bond donors (Lipinski definition) is 2. The second kappa shape index (κ2) is 8.56. The second-order valence-corrected chi connectivity index (χ2v) is 5.95. The van der Waals surface area contributed by atoms with Crippen LogP contribution in [-0.4, -0.2) is 27.6 Å². The average Bonchev–Trinajstić information content (AvgIpc) is 3.03. The van der Waals surface area contributed by atoms with E-state index in [1.54, 1.807) is 6.20 Å². The van der Waals surface area contributed by atoms with Gasteiger partial charge >= 0.3 is 6.09 Å². The lowest BCUT2D eigenvalue weighted by atomic mass is 10.2. The molecule has 0 spiro atoms. The molecular weight excluding hydrogens is 375 g/mol. The molecule has 0 radical (unpaired) electrons. The Balaban J connectivity index is 1.48. The van der Waals surface area contributed by atoms with E-state index in [0.717, 1.165) is 5.56 Å². The van der Waals surface area contributed by atoms with Gasteiger partial charge < -0.3 is 15.0 Å². The topological polar surface area (TPSA) is 79.9 Å². The van der Waals surface area contributed by atoms with Gasteiger partial charge in [0.15, 0.2) is 0 Å². The Morgan fingerprint density at radius 1 is 1.23 bits per heavy atom. The van der Waals surface area contributed by atoms with Gasteiger partial charge in [0.1, 0.15) is 17.4 Å². The van der Waals surface area contributed by atoms with Crippen LogP contribution in [0.1, 0.15) is 17.5 Å². The summed E-state index contributed by atoms with van der Waals surface area (Å²) in [5, 5.41) is 3.59. The van der Waals surface area contributed by atoms with E-state index >= 15 is 0 Å². The fraction of sp³-hybridized carbons (Fsp3) is 0.167. The van der Waals surface area contributed by atoms with Crippen molar-refractivity contribution < 1.29 is 9.53 Å². The second-order valence-electron chi connectivity index (χ2n) is 5.25. The first-order valence-corrected chi connectivity index (χ1v) is 8.52. The number of nitrogens with one attached hydrogen (secondary N) is 2. The largest absolute Gasteiger partial charge is 0.445 e. The van der Waals surface area contributed by atoms with E-state index in [1.807, 2.05) is 30.3 Å². The zero-order valence-electron chi connectivity index (χ0n) is 13.6. The summed E-state index contributed by atoms with van der Waals surface area (Å²) in [6, 6.07) is 9.47. The van der Waals surface area contributed by atoms with Gasteiger partial charge in [-0.15, -0.1) is 0 Å². The number of rotatable bonds is 4. The highest BCUT2D eigenvalue weighted by atomic mass is 35.5. The molecule has 2 aromatic heterocycles. The molecule has 0 aliphatic rings. The van der Waals surface area contributed by atoms with Gasteiger partial charge in [-0.3, -0.25) is 0 Å². The van der Waals surface area contributed by atoms with Crippen molar-refractivity contribution in [2.75, 3.05) is 6.54 Å². The molecule has 0 unspecified atom stereocenters. The average molecular weight is 389 g/mol. The number of nitrogens with zero attached hydrogens (tertiary/aromatic N) is 2. The van der Waals surface area contributed by atoms with Crippen molar-refractivity contribution in [1.29, 1.82) is 0 Å². The lowest BCUT2D eigenvalue weighted by Crippen LogP contribution is -2.24. The minimum absolute atomic E-state index is 0.0714. The molecule has 0 atom stereocenters. The van der Waals surface area contributed by atoms with Crippen molar-refractivity contribution in [3.05, 3.63) is 58.1 Å². The van der Waals surface area contributed by atoms with E-state index in [1.165, 1.54) is 0 Å². The number of fused-ring (bicyclic) bond motifs is 1. The minimum atomic E-state index is -0.478. The van der Waals surface area contributed by atoms with E-state index < -0.39 is 6.09 Å². The smallest absolute Gasteiger partial charge is 0.407 e. The van der Waals surface area contributed by atoms with Crippen LogP contribution >= 0.6 is 23.2 Å². The van der Waals surface area contributed by atoms with Gasteiger partial charge in [-0.1, -0.05) is 53.8 Å². The fourth-order valence-electron chi connectivity index (χ4n) is 2.22. The van der Waals surface area contributed by atoms with Crippen LogP contribution in [0.2, 0.25) is 10.4 Å². The number of H-pyrrole nitrogens is 1. The number of benzene rings is 1. The van der Waals surface area contributed by atoms with Crippen molar-refractivity contribution in [2.24, 2.45) is 0 Å². The number of carbonyl (C=O) groups is 1. The lowest BCUT2D eigenvalue weighted by molar-refractivity contribution is 0.140. The highest BCUT2D eigenvalue weighted by molar-refractivity contribution is 6.36. The van der Waals surface area contributed by atoms with Crippen LogP contribution in [0.15, 0.2) is 36.5 Å². The Labute approximate surface area is 159 Å². The highest BCUT2D eigenvalue weighted by Gasteiger charge is 2.10. The van der Waals surface area contributed by atoms with Gasteiger partial charge in [-0.2, -0.15) is 4.98 Å². The maximum atomic E-state index is 11.6. The predicted molar refractivity (Wildman–Crippen MR) is 100 cm³/mol. The minimum Gasteiger partial charge on any atom is -0.445 e. The molecule has 2 heterocycles. The Morgan fingerprint density at radius 3 is 2.85 bits per heavy atom. The molecule has 3 aromatic rings. The molecule has 0 saturated heterocycles. The van der Waals surface area contributed by atoms with Gasteiger partial charge in [-0.25, -0.2) is 9.78 Å². The Hall–Kier alpha value is -2.75. The van der Waals surface area contributed by atoms with E-state index in [0.29, 0.717) is 29.6 Å². The molecule has 2 N–H and O–H groups in total. The van der Waals surface area contributed by atoms with Gasteiger partial charge in [0.25, 0.3) is 0 Å².